The summed E-state index contributed by atoms with van der Waals surface area (Å²) in [6, 6.07) is 4.58. The van der Waals surface area contributed by atoms with Crippen LogP contribution in [0, 0.1) is 0 Å². The highest BCUT2D eigenvalue weighted by atomic mass is 79.9. The number of carbonyl (C=O) groups excluding carboxylic acids is 1. The highest BCUT2D eigenvalue weighted by Gasteiger charge is 2.18. The largest absolute Gasteiger partial charge is 0.399 e. The molecule has 1 unspecified atom stereocenters. The number of carbonyl (C=O) groups is 1. The van der Waals surface area contributed by atoms with Crippen LogP contribution in [0.5, 0.6) is 0 Å². The maximum atomic E-state index is 12.0. The monoisotopic (exact) mass is 308 g/mol. The van der Waals surface area contributed by atoms with Crippen LogP contribution in [0.3, 0.4) is 0 Å². The van der Waals surface area contributed by atoms with Crippen LogP contribution in [0.15, 0.2) is 22.7 Å². The molecule has 1 atom stereocenters. The summed E-state index contributed by atoms with van der Waals surface area (Å²) in [5, 5.41) is 11.0. The molecule has 0 bridgehead atoms. The zero-order valence-corrected chi connectivity index (χ0v) is 10.2. The zero-order valence-electron chi connectivity index (χ0n) is 8.66. The Morgan fingerprint density at radius 1 is 1.53 bits per heavy atom. The Morgan fingerprint density at radius 3 is 2.76 bits per heavy atom. The number of nitrogens with one attached hydrogen (secondary N) is 1. The summed E-state index contributed by atoms with van der Waals surface area (Å²) in [6.45, 7) is -0.516. The van der Waals surface area contributed by atoms with Gasteiger partial charge in [-0.1, -0.05) is 0 Å². The topological polar surface area (TPSA) is 75.4 Å². The van der Waals surface area contributed by atoms with E-state index in [2.05, 4.69) is 21.2 Å². The van der Waals surface area contributed by atoms with Crippen LogP contribution >= 0.6 is 15.9 Å². The minimum Gasteiger partial charge on any atom is -0.399 e. The lowest BCUT2D eigenvalue weighted by Gasteiger charge is -2.11. The van der Waals surface area contributed by atoms with Gasteiger partial charge in [0, 0.05) is 16.7 Å². The Kier molecular flexibility index (Phi) is 4.83. The smallest absolute Gasteiger partial charge is 0.265 e. The molecule has 1 amide bonds. The van der Waals surface area contributed by atoms with Gasteiger partial charge in [0.1, 0.15) is 6.10 Å². The van der Waals surface area contributed by atoms with Crippen LogP contribution in [0.25, 0.3) is 0 Å². The van der Waals surface area contributed by atoms with Gasteiger partial charge in [-0.05, 0) is 34.1 Å². The number of rotatable bonds is 4. The first-order chi connectivity index (χ1) is 7.91. The minimum atomic E-state index is -2.89. The van der Waals surface area contributed by atoms with Crippen molar-refractivity contribution >= 4 is 27.5 Å². The lowest BCUT2D eigenvalue weighted by atomic mass is 10.2. The molecule has 0 aliphatic rings. The summed E-state index contributed by atoms with van der Waals surface area (Å²) in [5.41, 5.74) is 6.11. The summed E-state index contributed by atoms with van der Waals surface area (Å²) in [7, 11) is 0. The average Bonchev–Trinajstić information content (AvgIpc) is 2.28. The Morgan fingerprint density at radius 2 is 2.18 bits per heavy atom. The summed E-state index contributed by atoms with van der Waals surface area (Å²) in [5.74, 6) is -0.580. The number of nitrogen functional groups attached to an aromatic ring is 1. The molecule has 0 heterocycles. The van der Waals surface area contributed by atoms with E-state index in [1.807, 2.05) is 0 Å². The van der Waals surface area contributed by atoms with E-state index in [1.54, 1.807) is 12.1 Å². The second-order valence-corrected chi connectivity index (χ2v) is 4.21. The molecule has 0 aliphatic heterocycles. The summed E-state index contributed by atoms with van der Waals surface area (Å²) in [4.78, 5) is 11.6. The molecule has 94 valence electrons. The van der Waals surface area contributed by atoms with E-state index in [9.17, 15) is 13.6 Å². The molecule has 0 aromatic heterocycles. The number of aliphatic hydroxyl groups excluding tert-OH is 1. The molecule has 4 N–H and O–H groups in total. The Bertz CT molecular complexity index is 415. The number of benzene rings is 1. The maximum absolute atomic E-state index is 12.0. The fourth-order valence-corrected chi connectivity index (χ4v) is 1.53. The predicted octanol–water partition coefficient (Wildman–Crippen LogP) is 1.39. The molecule has 0 aliphatic carbocycles. The Hall–Kier alpha value is -1.21. The SMILES string of the molecule is Nc1ccc(Br)c(C(=O)NCC(O)C(F)F)c1. The number of hydrogen-bond donors (Lipinski definition) is 3. The molecular formula is C10H11BrF2N2O2. The Balaban J connectivity index is 2.67. The average molecular weight is 309 g/mol. The first kappa shape index (κ1) is 13.9. The van der Waals surface area contributed by atoms with E-state index in [0.29, 0.717) is 10.2 Å². The van der Waals surface area contributed by atoms with E-state index in [1.165, 1.54) is 6.07 Å². The quantitative estimate of drug-likeness (QED) is 0.736. The normalized spacial score (nSPS) is 12.5. The molecule has 0 radical (unpaired) electrons. The predicted molar refractivity (Wildman–Crippen MR) is 62.9 cm³/mol. The van der Waals surface area contributed by atoms with Gasteiger partial charge in [-0.3, -0.25) is 4.79 Å². The van der Waals surface area contributed by atoms with Gasteiger partial charge in [0.2, 0.25) is 0 Å². The molecular weight excluding hydrogens is 298 g/mol. The molecule has 0 saturated heterocycles. The minimum absolute atomic E-state index is 0.228. The fraction of sp³-hybridized carbons (Fsp3) is 0.300. The molecule has 0 saturated carbocycles. The van der Waals surface area contributed by atoms with Crippen molar-refractivity contribution in [3.05, 3.63) is 28.2 Å². The van der Waals surface area contributed by atoms with Crippen molar-refractivity contribution in [3.63, 3.8) is 0 Å². The van der Waals surface area contributed by atoms with Crippen LogP contribution in [-0.4, -0.2) is 30.1 Å². The summed E-state index contributed by atoms with van der Waals surface area (Å²) < 4.78 is 24.5. The van der Waals surface area contributed by atoms with Gasteiger partial charge in [-0.2, -0.15) is 0 Å². The van der Waals surface area contributed by atoms with Gasteiger partial charge in [-0.25, -0.2) is 8.78 Å². The van der Waals surface area contributed by atoms with Crippen molar-refractivity contribution in [1.29, 1.82) is 0 Å². The van der Waals surface area contributed by atoms with Crippen LogP contribution in [0.1, 0.15) is 10.4 Å². The summed E-state index contributed by atoms with van der Waals surface area (Å²) >= 11 is 3.14. The number of anilines is 1. The van der Waals surface area contributed by atoms with Crippen molar-refractivity contribution in [2.24, 2.45) is 0 Å². The van der Waals surface area contributed by atoms with Crippen LogP contribution < -0.4 is 11.1 Å². The van der Waals surface area contributed by atoms with Crippen LogP contribution in [0.2, 0.25) is 0 Å². The number of halogens is 3. The highest BCUT2D eigenvalue weighted by molar-refractivity contribution is 9.10. The lowest BCUT2D eigenvalue weighted by molar-refractivity contribution is -0.00270. The van der Waals surface area contributed by atoms with Gasteiger partial charge >= 0.3 is 0 Å². The summed E-state index contributed by atoms with van der Waals surface area (Å²) in [6.07, 6.45) is -4.77. The third-order valence-corrected chi connectivity index (χ3v) is 2.69. The number of aliphatic hydroxyl groups is 1. The van der Waals surface area contributed by atoms with E-state index in [-0.39, 0.29) is 5.56 Å². The number of amides is 1. The molecule has 4 nitrogen and oxygen atoms in total. The second kappa shape index (κ2) is 5.92. The molecule has 1 rings (SSSR count). The Labute approximate surface area is 105 Å². The highest BCUT2D eigenvalue weighted by Crippen LogP contribution is 2.19. The maximum Gasteiger partial charge on any atom is 0.265 e. The van der Waals surface area contributed by atoms with Crippen LogP contribution in [0.4, 0.5) is 14.5 Å². The van der Waals surface area contributed by atoms with Crippen molar-refractivity contribution in [3.8, 4) is 0 Å². The first-order valence-electron chi connectivity index (χ1n) is 4.71. The molecule has 0 fully saturated rings. The lowest BCUT2D eigenvalue weighted by Crippen LogP contribution is -2.36. The second-order valence-electron chi connectivity index (χ2n) is 3.35. The third kappa shape index (κ3) is 3.94. The van der Waals surface area contributed by atoms with Crippen molar-refractivity contribution in [2.45, 2.75) is 12.5 Å². The zero-order chi connectivity index (χ0) is 13.0. The number of hydrogen-bond acceptors (Lipinski definition) is 3. The van der Waals surface area contributed by atoms with E-state index >= 15 is 0 Å². The van der Waals surface area contributed by atoms with Gasteiger partial charge in [0.15, 0.2) is 0 Å². The van der Waals surface area contributed by atoms with Crippen molar-refractivity contribution < 1.29 is 18.7 Å². The first-order valence-corrected chi connectivity index (χ1v) is 5.50. The van der Waals surface area contributed by atoms with Crippen molar-refractivity contribution in [2.75, 3.05) is 12.3 Å². The number of nitrogens with two attached hydrogens (primary N) is 1. The molecule has 7 heteroatoms. The molecule has 1 aromatic rings. The van der Waals surface area contributed by atoms with E-state index in [4.69, 9.17) is 10.8 Å². The molecule has 17 heavy (non-hydrogen) atoms. The van der Waals surface area contributed by atoms with Gasteiger partial charge in [-0.15, -0.1) is 0 Å². The molecule has 0 spiro atoms. The fourth-order valence-electron chi connectivity index (χ4n) is 1.10. The standard InChI is InChI=1S/C10H11BrF2N2O2/c11-7-2-1-5(14)3-6(7)10(17)15-4-8(16)9(12)13/h1-3,8-9,16H,4,14H2,(H,15,17). The molecule has 1 aromatic carbocycles. The van der Waals surface area contributed by atoms with Gasteiger partial charge in [0.05, 0.1) is 5.56 Å². The van der Waals surface area contributed by atoms with E-state index < -0.39 is 25.0 Å². The third-order valence-electron chi connectivity index (χ3n) is 2.00. The van der Waals surface area contributed by atoms with E-state index in [0.717, 1.165) is 0 Å². The van der Waals surface area contributed by atoms with Gasteiger partial charge in [0.25, 0.3) is 12.3 Å². The van der Waals surface area contributed by atoms with Crippen LogP contribution in [-0.2, 0) is 0 Å². The van der Waals surface area contributed by atoms with Gasteiger partial charge < -0.3 is 16.2 Å². The number of alkyl halides is 2. The van der Waals surface area contributed by atoms with Crippen molar-refractivity contribution in [1.82, 2.24) is 5.32 Å².